The summed E-state index contributed by atoms with van der Waals surface area (Å²) in [5.74, 6) is 0. The summed E-state index contributed by atoms with van der Waals surface area (Å²) in [4.78, 5) is 12.0. The van der Waals surface area contributed by atoms with Crippen molar-refractivity contribution in [1.82, 2.24) is 4.90 Å². The van der Waals surface area contributed by atoms with E-state index in [1.807, 2.05) is 13.8 Å². The van der Waals surface area contributed by atoms with Crippen molar-refractivity contribution in [2.24, 2.45) is 0 Å². The molecule has 59 valence electrons. The maximum absolute atomic E-state index is 9.89. The molecule has 0 amide bonds. The van der Waals surface area contributed by atoms with E-state index in [1.54, 1.807) is 0 Å². The van der Waals surface area contributed by atoms with Crippen LogP contribution in [-0.4, -0.2) is 30.8 Å². The topological polar surface area (TPSA) is 20.3 Å². The Morgan fingerprint density at radius 2 is 1.78 bits per heavy atom. The van der Waals surface area contributed by atoms with E-state index in [2.05, 4.69) is 4.90 Å². The average Bonchev–Trinajstić information content (AvgIpc) is 1.83. The predicted molar refractivity (Wildman–Crippen MR) is 33.9 cm³/mol. The molecule has 0 saturated heterocycles. The molecule has 3 heteroatoms. The van der Waals surface area contributed by atoms with Crippen LogP contribution in [0.15, 0.2) is 0 Å². The van der Waals surface area contributed by atoms with Crippen LogP contribution in [0, 0.1) is 0 Å². The fourth-order valence-electron chi connectivity index (χ4n) is 0.587. The van der Waals surface area contributed by atoms with Crippen LogP contribution in [0.4, 0.5) is 0 Å². The Balaban J connectivity index is 0. The van der Waals surface area contributed by atoms with E-state index in [1.165, 1.54) is 0 Å². The maximum Gasteiger partial charge on any atom is 0.133 e. The van der Waals surface area contributed by atoms with Gasteiger partial charge in [-0.25, -0.2) is 0 Å². The molecule has 0 aromatic carbocycles. The van der Waals surface area contributed by atoms with Crippen LogP contribution >= 0.6 is 0 Å². The molecule has 0 aliphatic carbocycles. The van der Waals surface area contributed by atoms with Crippen molar-refractivity contribution >= 4 is 6.29 Å². The number of aldehydes is 1. The quantitative estimate of drug-likeness (QED) is 0.463. The summed E-state index contributed by atoms with van der Waals surface area (Å²) in [7, 11) is 0. The molecule has 9 heavy (non-hydrogen) atoms. The van der Waals surface area contributed by atoms with Crippen molar-refractivity contribution in [2.45, 2.75) is 13.8 Å². The van der Waals surface area contributed by atoms with E-state index in [0.29, 0.717) is 6.54 Å². The number of carbonyl (C=O) groups excluding carboxylic acids is 1. The fraction of sp³-hybridized carbons (Fsp3) is 0.833. The number of carbonyl (C=O) groups is 1. The third-order valence-electron chi connectivity index (χ3n) is 1.23. The Hall–Kier alpha value is 0.149. The molecule has 0 fully saturated rings. The second kappa shape index (κ2) is 8.15. The first-order valence-electron chi connectivity index (χ1n) is 3.01. The van der Waals surface area contributed by atoms with Gasteiger partial charge >= 0.3 is 0 Å². The van der Waals surface area contributed by atoms with Crippen molar-refractivity contribution < 1.29 is 21.9 Å². The second-order valence-corrected chi connectivity index (χ2v) is 1.65. The summed E-state index contributed by atoms with van der Waals surface area (Å²) in [6, 6.07) is 0. The molecule has 0 aromatic heterocycles. The molecule has 0 atom stereocenters. The average molecular weight is 179 g/mol. The summed E-state index contributed by atoms with van der Waals surface area (Å²) < 4.78 is 0. The van der Waals surface area contributed by atoms with Gasteiger partial charge in [0.2, 0.25) is 0 Å². The van der Waals surface area contributed by atoms with E-state index >= 15 is 0 Å². The second-order valence-electron chi connectivity index (χ2n) is 1.65. The van der Waals surface area contributed by atoms with Crippen molar-refractivity contribution in [1.29, 1.82) is 0 Å². The first-order chi connectivity index (χ1) is 3.85. The molecule has 0 aliphatic heterocycles. The van der Waals surface area contributed by atoms with Gasteiger partial charge < -0.3 is 4.79 Å². The van der Waals surface area contributed by atoms with Gasteiger partial charge in [-0.3, -0.25) is 4.90 Å². The smallest absolute Gasteiger partial charge is 0.133 e. The number of likely N-dealkylation sites (N-methyl/N-ethyl adjacent to an activating group) is 1. The molecule has 0 unspecified atom stereocenters. The number of hydrogen-bond donors (Lipinski definition) is 0. The van der Waals surface area contributed by atoms with Gasteiger partial charge in [0, 0.05) is 17.1 Å². The van der Waals surface area contributed by atoms with Crippen LogP contribution in [0.25, 0.3) is 0 Å². The standard InChI is InChI=1S/C6H13NO.Cu/c1-3-7(4-2)5-6-8;/h6H,3-5H2,1-2H3;. The molecule has 2 nitrogen and oxygen atoms in total. The molecule has 0 rings (SSSR count). The minimum Gasteiger partial charge on any atom is -0.302 e. The minimum absolute atomic E-state index is 0. The molecule has 0 aliphatic rings. The van der Waals surface area contributed by atoms with E-state index in [9.17, 15) is 4.79 Å². The third kappa shape index (κ3) is 6.03. The summed E-state index contributed by atoms with van der Waals surface area (Å²) >= 11 is 0. The molecular weight excluding hydrogens is 166 g/mol. The van der Waals surface area contributed by atoms with E-state index in [-0.39, 0.29) is 17.1 Å². The summed E-state index contributed by atoms with van der Waals surface area (Å²) in [6.07, 6.45) is 0.938. The Morgan fingerprint density at radius 3 is 1.89 bits per heavy atom. The zero-order valence-corrected chi connectivity index (χ0v) is 6.80. The number of nitrogens with zero attached hydrogens (tertiary/aromatic N) is 1. The first-order valence-corrected chi connectivity index (χ1v) is 3.01. The molecule has 1 radical (unpaired) electrons. The zero-order valence-electron chi connectivity index (χ0n) is 5.86. The van der Waals surface area contributed by atoms with Crippen molar-refractivity contribution in [3.05, 3.63) is 0 Å². The van der Waals surface area contributed by atoms with Gasteiger partial charge in [0.05, 0.1) is 6.54 Å². The van der Waals surface area contributed by atoms with E-state index < -0.39 is 0 Å². The van der Waals surface area contributed by atoms with Crippen LogP contribution in [0.5, 0.6) is 0 Å². The van der Waals surface area contributed by atoms with Crippen LogP contribution < -0.4 is 0 Å². The van der Waals surface area contributed by atoms with E-state index in [0.717, 1.165) is 19.4 Å². The minimum atomic E-state index is 0. The largest absolute Gasteiger partial charge is 0.302 e. The summed E-state index contributed by atoms with van der Waals surface area (Å²) in [5.41, 5.74) is 0. The van der Waals surface area contributed by atoms with Crippen molar-refractivity contribution in [3.63, 3.8) is 0 Å². The summed E-state index contributed by atoms with van der Waals surface area (Å²) in [6.45, 7) is 6.61. The summed E-state index contributed by atoms with van der Waals surface area (Å²) in [5, 5.41) is 0. The van der Waals surface area contributed by atoms with Gasteiger partial charge in [-0.15, -0.1) is 0 Å². The van der Waals surface area contributed by atoms with Gasteiger partial charge in [0.25, 0.3) is 0 Å². The van der Waals surface area contributed by atoms with Gasteiger partial charge in [0.1, 0.15) is 6.29 Å². The van der Waals surface area contributed by atoms with Gasteiger partial charge in [0.15, 0.2) is 0 Å². The number of rotatable bonds is 4. The Labute approximate surface area is 67.1 Å². The normalized spacial score (nSPS) is 8.78. The van der Waals surface area contributed by atoms with Crippen LogP contribution in [-0.2, 0) is 21.9 Å². The van der Waals surface area contributed by atoms with Crippen molar-refractivity contribution in [3.8, 4) is 0 Å². The molecule has 0 aromatic rings. The first kappa shape index (κ1) is 11.9. The Bertz CT molecular complexity index is 64.1. The van der Waals surface area contributed by atoms with Crippen LogP contribution in [0.1, 0.15) is 13.8 Å². The molecule has 0 spiro atoms. The molecule has 0 heterocycles. The predicted octanol–water partition coefficient (Wildman–Crippen LogP) is 0.525. The van der Waals surface area contributed by atoms with Crippen LogP contribution in [0.3, 0.4) is 0 Å². The Morgan fingerprint density at radius 1 is 1.33 bits per heavy atom. The van der Waals surface area contributed by atoms with E-state index in [4.69, 9.17) is 0 Å². The molecule has 0 N–H and O–H groups in total. The van der Waals surface area contributed by atoms with Gasteiger partial charge in [-0.2, -0.15) is 0 Å². The molecular formula is C6H13CuNO. The van der Waals surface area contributed by atoms with Crippen LogP contribution in [0.2, 0.25) is 0 Å². The molecule has 0 saturated carbocycles. The number of hydrogen-bond acceptors (Lipinski definition) is 2. The van der Waals surface area contributed by atoms with Gasteiger partial charge in [-0.1, -0.05) is 13.8 Å². The monoisotopic (exact) mass is 178 g/mol. The zero-order chi connectivity index (χ0) is 6.41. The third-order valence-corrected chi connectivity index (χ3v) is 1.23. The molecule has 0 bridgehead atoms. The van der Waals surface area contributed by atoms with Crippen molar-refractivity contribution in [2.75, 3.05) is 19.6 Å². The SMILES string of the molecule is CCN(CC)CC=O.[Cu]. The fourth-order valence-corrected chi connectivity index (χ4v) is 0.587. The maximum atomic E-state index is 9.89. The Kier molecular flexibility index (Phi) is 10.8. The van der Waals surface area contributed by atoms with Gasteiger partial charge in [-0.05, 0) is 13.1 Å².